The van der Waals surface area contributed by atoms with Crippen LogP contribution in [0.5, 0.6) is 0 Å². The van der Waals surface area contributed by atoms with Gasteiger partial charge in [-0.1, -0.05) is 26.3 Å². The first-order valence-electron chi connectivity index (χ1n) is 15.3. The lowest BCUT2D eigenvalue weighted by molar-refractivity contribution is -0.173. The summed E-state index contributed by atoms with van der Waals surface area (Å²) in [6, 6.07) is 0. The van der Waals surface area contributed by atoms with Crippen LogP contribution in [0.2, 0.25) is 0 Å². The van der Waals surface area contributed by atoms with Crippen LogP contribution in [0.3, 0.4) is 0 Å². The Labute approximate surface area is 295 Å². The molecule has 284 valence electrons. The van der Waals surface area contributed by atoms with Gasteiger partial charge in [0.15, 0.2) is 0 Å². The van der Waals surface area contributed by atoms with Gasteiger partial charge in [0.25, 0.3) is 0 Å². The molecular weight excluding hydrogens is 680 g/mol. The summed E-state index contributed by atoms with van der Waals surface area (Å²) in [5.41, 5.74) is -3.40. The summed E-state index contributed by atoms with van der Waals surface area (Å²) in [6.07, 6.45) is -2.17. The highest BCUT2D eigenvalue weighted by Crippen LogP contribution is 2.27. The van der Waals surface area contributed by atoms with E-state index in [-0.39, 0.29) is 22.3 Å². The van der Waals surface area contributed by atoms with Crippen molar-refractivity contribution < 1.29 is 81.7 Å². The third-order valence-corrected chi connectivity index (χ3v) is 6.41. The van der Waals surface area contributed by atoms with Crippen LogP contribution in [0.4, 0.5) is 0 Å². The van der Waals surface area contributed by atoms with Crippen molar-refractivity contribution in [3.8, 4) is 0 Å². The summed E-state index contributed by atoms with van der Waals surface area (Å²) in [6.45, 7) is 14.6. The molecule has 0 aromatic carbocycles. The van der Waals surface area contributed by atoms with Crippen LogP contribution in [-0.4, -0.2) is 111 Å². The van der Waals surface area contributed by atoms with Gasteiger partial charge in [0.2, 0.25) is 0 Å². The normalized spacial score (nSPS) is 10.9. The van der Waals surface area contributed by atoms with Gasteiger partial charge in [0.1, 0.15) is 39.6 Å². The molecule has 0 aliphatic rings. The van der Waals surface area contributed by atoms with Crippen molar-refractivity contribution in [3.63, 3.8) is 0 Å². The molecule has 0 amide bonds. The van der Waals surface area contributed by atoms with Crippen molar-refractivity contribution >= 4 is 47.8 Å². The van der Waals surface area contributed by atoms with Crippen LogP contribution in [-0.2, 0) is 71.5 Å². The maximum Gasteiger partial charge on any atom is 0.333 e. The molecule has 0 heterocycles. The molecular formula is C34H46O17. The number of carboxylic acids is 2. The first kappa shape index (κ1) is 45.7. The SMILES string of the molecule is C=C(C)C(=O)OCC(COCC(COC(=O)CCC(=O)O)(COC(=O)C(=C)C)COC(=O)C(=C)C)(COC(=O)CCC(=O)O)COC(=O)C(=C)C. The minimum atomic E-state index is -1.68. The molecule has 2 N–H and O–H groups in total. The molecule has 0 saturated heterocycles. The first-order valence-corrected chi connectivity index (χ1v) is 15.3. The molecule has 17 nitrogen and oxygen atoms in total. The van der Waals surface area contributed by atoms with Crippen LogP contribution in [0, 0.1) is 10.8 Å². The Morgan fingerprint density at radius 1 is 0.412 bits per heavy atom. The molecule has 0 unspecified atom stereocenters. The molecule has 0 aliphatic carbocycles. The first-order chi connectivity index (χ1) is 23.6. The highest BCUT2D eigenvalue weighted by atomic mass is 16.6. The van der Waals surface area contributed by atoms with E-state index >= 15 is 0 Å². The Morgan fingerprint density at radius 2 is 0.647 bits per heavy atom. The Balaban J connectivity index is 6.76. The summed E-state index contributed by atoms with van der Waals surface area (Å²) in [5, 5.41) is 17.9. The van der Waals surface area contributed by atoms with Crippen molar-refractivity contribution in [1.82, 2.24) is 0 Å². The number of hydrogen-bond donors (Lipinski definition) is 2. The van der Waals surface area contributed by atoms with Crippen molar-refractivity contribution in [3.05, 3.63) is 48.6 Å². The second-order valence-corrected chi connectivity index (χ2v) is 12.0. The molecule has 17 heteroatoms. The second-order valence-electron chi connectivity index (χ2n) is 12.0. The number of carbonyl (C=O) groups is 8. The summed E-state index contributed by atoms with van der Waals surface area (Å²) in [7, 11) is 0. The molecule has 0 bridgehead atoms. The van der Waals surface area contributed by atoms with Gasteiger partial charge in [-0.25, -0.2) is 19.2 Å². The molecule has 0 aliphatic heterocycles. The summed E-state index contributed by atoms with van der Waals surface area (Å²) in [4.78, 5) is 96.3. The molecule has 0 rings (SSSR count). The summed E-state index contributed by atoms with van der Waals surface area (Å²) in [5.74, 6) is -7.94. The maximum absolute atomic E-state index is 12.4. The van der Waals surface area contributed by atoms with Crippen LogP contribution in [0.15, 0.2) is 48.6 Å². The third-order valence-electron chi connectivity index (χ3n) is 6.41. The number of carbonyl (C=O) groups excluding carboxylic acids is 6. The van der Waals surface area contributed by atoms with Crippen molar-refractivity contribution in [2.75, 3.05) is 52.9 Å². The lowest BCUT2D eigenvalue weighted by Gasteiger charge is -2.35. The lowest BCUT2D eigenvalue weighted by atomic mass is 9.90. The maximum atomic E-state index is 12.4. The van der Waals surface area contributed by atoms with E-state index in [0.717, 1.165) is 0 Å². The molecule has 0 radical (unpaired) electrons. The fraction of sp³-hybridized carbons (Fsp3) is 0.529. The zero-order valence-electron chi connectivity index (χ0n) is 29.3. The number of carboxylic acid groups (broad SMARTS) is 2. The number of ether oxygens (including phenoxy) is 7. The number of aliphatic carboxylic acids is 2. The van der Waals surface area contributed by atoms with E-state index in [0.29, 0.717) is 0 Å². The molecule has 0 atom stereocenters. The second kappa shape index (κ2) is 22.4. The third kappa shape index (κ3) is 19.5. The van der Waals surface area contributed by atoms with Crippen LogP contribution in [0.25, 0.3) is 0 Å². The van der Waals surface area contributed by atoms with Crippen LogP contribution < -0.4 is 0 Å². The summed E-state index contributed by atoms with van der Waals surface area (Å²) < 4.78 is 37.8. The lowest BCUT2D eigenvalue weighted by Crippen LogP contribution is -2.47. The van der Waals surface area contributed by atoms with E-state index in [1.165, 1.54) is 27.7 Å². The monoisotopic (exact) mass is 726 g/mol. The number of hydrogen-bond acceptors (Lipinski definition) is 15. The Hall–Kier alpha value is -5.32. The minimum absolute atomic E-state index is 0.00964. The molecule has 0 saturated carbocycles. The minimum Gasteiger partial charge on any atom is -0.481 e. The molecule has 51 heavy (non-hydrogen) atoms. The van der Waals surface area contributed by atoms with E-state index in [1.807, 2.05) is 0 Å². The van der Waals surface area contributed by atoms with Gasteiger partial charge in [-0.2, -0.15) is 0 Å². The van der Waals surface area contributed by atoms with E-state index in [2.05, 4.69) is 26.3 Å². The quantitative estimate of drug-likeness (QED) is 0.0738. The van der Waals surface area contributed by atoms with Crippen molar-refractivity contribution in [2.45, 2.75) is 53.4 Å². The van der Waals surface area contributed by atoms with E-state index < -0.39 is 137 Å². The smallest absolute Gasteiger partial charge is 0.333 e. The highest BCUT2D eigenvalue weighted by molar-refractivity contribution is 5.88. The standard InChI is InChI=1S/C34H46O17/c1-21(2)29(41)48-17-33(18-49-30(42)22(3)4,15-46-27(39)11-9-25(35)36)13-45-14-34(19-50-31(43)23(5)6,20-51-32(44)24(7)8)16-47-28(40)12-10-26(37)38/h1,3,5,7,9-20H2,2,4,6,8H3,(H,35,36)(H,37,38). The zero-order chi connectivity index (χ0) is 39.4. The van der Waals surface area contributed by atoms with E-state index in [9.17, 15) is 38.4 Å². The van der Waals surface area contributed by atoms with Crippen LogP contribution in [0.1, 0.15) is 53.4 Å². The molecule has 0 aromatic heterocycles. The fourth-order valence-corrected chi connectivity index (χ4v) is 3.38. The topological polar surface area (TPSA) is 242 Å². The number of rotatable bonds is 26. The van der Waals surface area contributed by atoms with Gasteiger partial charge in [-0.05, 0) is 27.7 Å². The predicted molar refractivity (Wildman–Crippen MR) is 174 cm³/mol. The van der Waals surface area contributed by atoms with Crippen LogP contribution >= 0.6 is 0 Å². The Bertz CT molecular complexity index is 1210. The van der Waals surface area contributed by atoms with E-state index in [4.69, 9.17) is 43.4 Å². The van der Waals surface area contributed by atoms with E-state index in [1.54, 1.807) is 0 Å². The largest absolute Gasteiger partial charge is 0.481 e. The van der Waals surface area contributed by atoms with Gasteiger partial charge in [0.05, 0.1) is 49.7 Å². The Morgan fingerprint density at radius 3 is 0.863 bits per heavy atom. The van der Waals surface area contributed by atoms with Crippen molar-refractivity contribution in [2.24, 2.45) is 10.8 Å². The van der Waals surface area contributed by atoms with Gasteiger partial charge in [0, 0.05) is 22.3 Å². The summed E-state index contributed by atoms with van der Waals surface area (Å²) >= 11 is 0. The fourth-order valence-electron chi connectivity index (χ4n) is 3.38. The van der Waals surface area contributed by atoms with Gasteiger partial charge in [-0.15, -0.1) is 0 Å². The average molecular weight is 727 g/mol. The highest BCUT2D eigenvalue weighted by Gasteiger charge is 2.41. The van der Waals surface area contributed by atoms with Gasteiger partial charge in [-0.3, -0.25) is 19.2 Å². The van der Waals surface area contributed by atoms with Crippen molar-refractivity contribution in [1.29, 1.82) is 0 Å². The van der Waals surface area contributed by atoms with Gasteiger partial charge >= 0.3 is 47.8 Å². The predicted octanol–water partition coefficient (Wildman–Crippen LogP) is 2.27. The zero-order valence-corrected chi connectivity index (χ0v) is 29.3. The van der Waals surface area contributed by atoms with Gasteiger partial charge < -0.3 is 43.4 Å². The average Bonchev–Trinajstić information content (AvgIpc) is 3.06. The Kier molecular flexibility index (Phi) is 20.1. The number of esters is 6. The molecule has 0 fully saturated rings. The molecule has 0 spiro atoms. The molecule has 0 aromatic rings.